The molecule has 0 amide bonds. The smallest absolute Gasteiger partial charge is 0.230 e. The third-order valence-corrected chi connectivity index (χ3v) is 4.58. The molecule has 2 aromatic rings. The Balaban J connectivity index is 1.64. The van der Waals surface area contributed by atoms with Crippen molar-refractivity contribution in [3.05, 3.63) is 27.9 Å². The van der Waals surface area contributed by atoms with Gasteiger partial charge in [0, 0.05) is 29.6 Å². The Labute approximate surface area is 134 Å². The van der Waals surface area contributed by atoms with E-state index >= 15 is 0 Å². The number of morpholine rings is 1. The monoisotopic (exact) mass is 322 g/mol. The van der Waals surface area contributed by atoms with Crippen LogP contribution < -0.4 is 0 Å². The molecule has 6 nitrogen and oxygen atoms in total. The molecule has 3 heterocycles. The van der Waals surface area contributed by atoms with Gasteiger partial charge in [-0.05, 0) is 6.92 Å². The fourth-order valence-electron chi connectivity index (χ4n) is 2.33. The molecule has 0 spiro atoms. The average Bonchev–Trinajstić information content (AvgIpc) is 3.08. The largest absolute Gasteiger partial charge is 0.423 e. The van der Waals surface area contributed by atoms with Crippen molar-refractivity contribution in [2.24, 2.45) is 0 Å². The molecule has 1 fully saturated rings. The molecular formula is C15H22N4O2S. The first-order valence-corrected chi connectivity index (χ1v) is 8.38. The summed E-state index contributed by atoms with van der Waals surface area (Å²) in [5.41, 5.74) is 0.935. The van der Waals surface area contributed by atoms with Crippen LogP contribution in [-0.4, -0.2) is 39.8 Å². The third kappa shape index (κ3) is 3.53. The molecule has 0 radical (unpaired) electrons. The second kappa shape index (κ2) is 6.06. The van der Waals surface area contributed by atoms with Crippen LogP contribution in [0.5, 0.6) is 0 Å². The minimum atomic E-state index is -0.114. The molecule has 1 saturated heterocycles. The lowest BCUT2D eigenvalue weighted by Gasteiger charge is -2.30. The maximum absolute atomic E-state index is 5.84. The molecule has 0 bridgehead atoms. The fourth-order valence-corrected chi connectivity index (χ4v) is 3.16. The highest BCUT2D eigenvalue weighted by molar-refractivity contribution is 7.09. The highest BCUT2D eigenvalue weighted by Gasteiger charge is 2.27. The van der Waals surface area contributed by atoms with Gasteiger partial charge in [-0.2, -0.15) is 0 Å². The molecule has 2 aromatic heterocycles. The van der Waals surface area contributed by atoms with Crippen LogP contribution in [0.2, 0.25) is 0 Å². The van der Waals surface area contributed by atoms with E-state index < -0.39 is 0 Å². The van der Waals surface area contributed by atoms with Crippen LogP contribution in [0, 0.1) is 6.92 Å². The lowest BCUT2D eigenvalue weighted by molar-refractivity contribution is -0.0354. The molecule has 22 heavy (non-hydrogen) atoms. The molecule has 0 unspecified atom stereocenters. The SMILES string of the molecule is Cc1csc([C@@H]2CN(Cc3nnc(C(C)(C)C)o3)CCO2)n1. The zero-order valence-electron chi connectivity index (χ0n) is 13.5. The Hall–Kier alpha value is -1.31. The van der Waals surface area contributed by atoms with Crippen molar-refractivity contribution in [2.45, 2.75) is 45.8 Å². The van der Waals surface area contributed by atoms with Crippen LogP contribution in [0.4, 0.5) is 0 Å². The predicted octanol–water partition coefficient (Wildman–Crippen LogP) is 2.71. The van der Waals surface area contributed by atoms with Gasteiger partial charge in [-0.15, -0.1) is 21.5 Å². The number of thiazole rings is 1. The maximum Gasteiger partial charge on any atom is 0.230 e. The van der Waals surface area contributed by atoms with Gasteiger partial charge in [0.2, 0.25) is 11.8 Å². The zero-order valence-corrected chi connectivity index (χ0v) is 14.3. The number of hydrogen-bond acceptors (Lipinski definition) is 7. The second-order valence-electron chi connectivity index (χ2n) is 6.67. The van der Waals surface area contributed by atoms with E-state index in [4.69, 9.17) is 9.15 Å². The van der Waals surface area contributed by atoms with Crippen molar-refractivity contribution >= 4 is 11.3 Å². The summed E-state index contributed by atoms with van der Waals surface area (Å²) in [6, 6.07) is 0. The van der Waals surface area contributed by atoms with E-state index in [9.17, 15) is 0 Å². The zero-order chi connectivity index (χ0) is 15.7. The molecule has 0 N–H and O–H groups in total. The lowest BCUT2D eigenvalue weighted by atomic mass is 9.97. The first kappa shape index (κ1) is 15.6. The van der Waals surface area contributed by atoms with Crippen LogP contribution in [0.1, 0.15) is 49.4 Å². The highest BCUT2D eigenvalue weighted by atomic mass is 32.1. The number of ether oxygens (including phenoxy) is 1. The summed E-state index contributed by atoms with van der Waals surface area (Å²) in [5, 5.41) is 11.4. The number of hydrogen-bond donors (Lipinski definition) is 0. The molecule has 7 heteroatoms. The molecule has 1 aliphatic heterocycles. The van der Waals surface area contributed by atoms with Gasteiger partial charge >= 0.3 is 0 Å². The standard InChI is InChI=1S/C15H22N4O2S/c1-10-9-22-13(16-10)11-7-19(5-6-20-11)8-12-17-18-14(21-12)15(2,3)4/h9,11H,5-8H2,1-4H3/t11-/m0/s1. The molecule has 0 saturated carbocycles. The van der Waals surface area contributed by atoms with Crippen molar-refractivity contribution in [2.75, 3.05) is 19.7 Å². The van der Waals surface area contributed by atoms with E-state index in [1.54, 1.807) is 11.3 Å². The summed E-state index contributed by atoms with van der Waals surface area (Å²) in [4.78, 5) is 6.81. The molecule has 0 aliphatic carbocycles. The van der Waals surface area contributed by atoms with Gasteiger partial charge in [0.1, 0.15) is 11.1 Å². The lowest BCUT2D eigenvalue weighted by Crippen LogP contribution is -2.37. The van der Waals surface area contributed by atoms with Crippen molar-refractivity contribution in [3.63, 3.8) is 0 Å². The van der Waals surface area contributed by atoms with Gasteiger partial charge < -0.3 is 9.15 Å². The minimum Gasteiger partial charge on any atom is -0.423 e. The molecule has 3 rings (SSSR count). The van der Waals surface area contributed by atoms with E-state index in [1.807, 2.05) is 6.92 Å². The van der Waals surface area contributed by atoms with Crippen molar-refractivity contribution in [1.29, 1.82) is 0 Å². The number of rotatable bonds is 3. The average molecular weight is 322 g/mol. The normalized spacial score (nSPS) is 20.5. The van der Waals surface area contributed by atoms with Gasteiger partial charge in [-0.1, -0.05) is 20.8 Å². The summed E-state index contributed by atoms with van der Waals surface area (Å²) in [6.07, 6.45) is 0.0393. The van der Waals surface area contributed by atoms with Crippen LogP contribution in [0.3, 0.4) is 0 Å². The van der Waals surface area contributed by atoms with Crippen molar-refractivity contribution in [1.82, 2.24) is 20.1 Å². The summed E-state index contributed by atoms with van der Waals surface area (Å²) in [6.45, 7) is 11.2. The van der Waals surface area contributed by atoms with Gasteiger partial charge in [0.25, 0.3) is 0 Å². The Morgan fingerprint density at radius 3 is 2.82 bits per heavy atom. The van der Waals surface area contributed by atoms with Gasteiger partial charge in [-0.25, -0.2) is 4.98 Å². The molecule has 0 aromatic carbocycles. The second-order valence-corrected chi connectivity index (χ2v) is 7.56. The van der Waals surface area contributed by atoms with Crippen molar-refractivity contribution < 1.29 is 9.15 Å². The highest BCUT2D eigenvalue weighted by Crippen LogP contribution is 2.26. The first-order valence-electron chi connectivity index (χ1n) is 7.50. The van der Waals surface area contributed by atoms with Gasteiger partial charge in [0.15, 0.2) is 0 Å². The van der Waals surface area contributed by atoms with Crippen LogP contribution in [-0.2, 0) is 16.7 Å². The summed E-state index contributed by atoms with van der Waals surface area (Å²) in [5.74, 6) is 1.35. The minimum absolute atomic E-state index is 0.0393. The van der Waals surface area contributed by atoms with Crippen LogP contribution >= 0.6 is 11.3 Å². The molecule has 120 valence electrons. The Morgan fingerprint density at radius 1 is 1.36 bits per heavy atom. The van der Waals surface area contributed by atoms with Gasteiger partial charge in [-0.3, -0.25) is 4.90 Å². The quantitative estimate of drug-likeness (QED) is 0.866. The molecule has 1 aliphatic rings. The van der Waals surface area contributed by atoms with E-state index in [-0.39, 0.29) is 11.5 Å². The first-order chi connectivity index (χ1) is 10.4. The van der Waals surface area contributed by atoms with Crippen LogP contribution in [0.15, 0.2) is 9.80 Å². The Kier molecular flexibility index (Phi) is 4.29. The van der Waals surface area contributed by atoms with Gasteiger partial charge in [0.05, 0.1) is 13.2 Å². The Morgan fingerprint density at radius 2 is 2.18 bits per heavy atom. The molecular weight excluding hydrogens is 300 g/mol. The fraction of sp³-hybridized carbons (Fsp3) is 0.667. The maximum atomic E-state index is 5.84. The predicted molar refractivity (Wildman–Crippen MR) is 83.8 cm³/mol. The topological polar surface area (TPSA) is 64.3 Å². The summed E-state index contributed by atoms with van der Waals surface area (Å²) >= 11 is 1.66. The van der Waals surface area contributed by atoms with E-state index in [2.05, 4.69) is 46.2 Å². The number of nitrogens with zero attached hydrogens (tertiary/aromatic N) is 4. The van der Waals surface area contributed by atoms with E-state index in [0.29, 0.717) is 24.9 Å². The summed E-state index contributed by atoms with van der Waals surface area (Å²) in [7, 11) is 0. The van der Waals surface area contributed by atoms with E-state index in [0.717, 1.165) is 23.8 Å². The number of aryl methyl sites for hydroxylation is 1. The Bertz CT molecular complexity index is 632. The van der Waals surface area contributed by atoms with Crippen molar-refractivity contribution in [3.8, 4) is 0 Å². The van der Waals surface area contributed by atoms with E-state index in [1.165, 1.54) is 0 Å². The van der Waals surface area contributed by atoms with Crippen LogP contribution in [0.25, 0.3) is 0 Å². The summed E-state index contributed by atoms with van der Waals surface area (Å²) < 4.78 is 11.6. The third-order valence-electron chi connectivity index (χ3n) is 3.53. The number of aromatic nitrogens is 3. The molecule has 1 atom stereocenters.